The molecule has 112 valence electrons. The van der Waals surface area contributed by atoms with Crippen molar-refractivity contribution in [1.82, 2.24) is 0 Å². The van der Waals surface area contributed by atoms with Crippen molar-refractivity contribution in [3.8, 4) is 6.07 Å². The van der Waals surface area contributed by atoms with Gasteiger partial charge in [-0.25, -0.2) is 4.39 Å². The Morgan fingerprint density at radius 3 is 2.48 bits per heavy atom. The molecule has 0 atom stereocenters. The van der Waals surface area contributed by atoms with Crippen LogP contribution in [-0.4, -0.2) is 17.0 Å². The number of nitrogens with one attached hydrogen (secondary N) is 1. The van der Waals surface area contributed by atoms with Gasteiger partial charge in [0.05, 0.1) is 16.7 Å². The summed E-state index contributed by atoms with van der Waals surface area (Å²) >= 11 is 0. The van der Waals surface area contributed by atoms with Crippen LogP contribution in [0.3, 0.4) is 0 Å². The van der Waals surface area contributed by atoms with Crippen molar-refractivity contribution in [3.05, 3.63) is 29.6 Å². The maximum atomic E-state index is 13.0. The lowest BCUT2D eigenvalue weighted by atomic mass is 9.79. The number of nitriles is 1. The molecular weight excluding hydrogens is 275 g/mol. The first-order chi connectivity index (χ1) is 9.88. The van der Waals surface area contributed by atoms with Crippen LogP contribution in [0.2, 0.25) is 0 Å². The molecule has 0 bridgehead atoms. The van der Waals surface area contributed by atoms with E-state index in [-0.39, 0.29) is 17.7 Å². The lowest BCUT2D eigenvalue weighted by molar-refractivity contribution is -0.151. The van der Waals surface area contributed by atoms with Gasteiger partial charge in [-0.3, -0.25) is 9.59 Å². The third kappa shape index (κ3) is 3.78. The highest BCUT2D eigenvalue weighted by atomic mass is 19.1. The average molecular weight is 292 g/mol. The van der Waals surface area contributed by atoms with Crippen LogP contribution in [0.1, 0.15) is 38.7 Å². The van der Waals surface area contributed by atoms with Gasteiger partial charge in [0.1, 0.15) is 11.9 Å². The molecule has 0 aliphatic carbocycles. The Balaban J connectivity index is 2.92. The molecule has 0 spiro atoms. The van der Waals surface area contributed by atoms with Crippen LogP contribution in [0.4, 0.5) is 10.1 Å². The fraction of sp³-hybridized carbons (Fsp3) is 0.400. The summed E-state index contributed by atoms with van der Waals surface area (Å²) in [6, 6.07) is 5.21. The van der Waals surface area contributed by atoms with Gasteiger partial charge in [0.25, 0.3) is 0 Å². The number of rotatable bonds is 6. The van der Waals surface area contributed by atoms with E-state index in [0.717, 1.165) is 12.1 Å². The highest BCUT2D eigenvalue weighted by Gasteiger charge is 2.37. The summed E-state index contributed by atoms with van der Waals surface area (Å²) in [7, 11) is 0. The summed E-state index contributed by atoms with van der Waals surface area (Å²) in [4.78, 5) is 23.4. The molecule has 1 amide bonds. The minimum atomic E-state index is -1.13. The second kappa shape index (κ2) is 6.84. The smallest absolute Gasteiger partial charge is 0.310 e. The van der Waals surface area contributed by atoms with Gasteiger partial charge < -0.3 is 10.4 Å². The van der Waals surface area contributed by atoms with Crippen LogP contribution < -0.4 is 5.32 Å². The number of hydrogen-bond acceptors (Lipinski definition) is 3. The van der Waals surface area contributed by atoms with Crippen LogP contribution in [0.5, 0.6) is 0 Å². The molecule has 2 N–H and O–H groups in total. The Morgan fingerprint density at radius 2 is 2.00 bits per heavy atom. The number of carbonyl (C=O) groups is 2. The maximum absolute atomic E-state index is 13.0. The van der Waals surface area contributed by atoms with Crippen LogP contribution in [0.25, 0.3) is 0 Å². The molecular formula is C15H17FN2O3. The number of hydrogen-bond donors (Lipinski definition) is 2. The number of amides is 1. The third-order valence-corrected chi connectivity index (χ3v) is 3.68. The number of carboxylic acid groups (broad SMARTS) is 1. The average Bonchev–Trinajstić information content (AvgIpc) is 2.46. The van der Waals surface area contributed by atoms with E-state index in [0.29, 0.717) is 12.8 Å². The molecule has 1 rings (SSSR count). The van der Waals surface area contributed by atoms with E-state index in [1.165, 1.54) is 6.07 Å². The summed E-state index contributed by atoms with van der Waals surface area (Å²) in [6.45, 7) is 3.42. The number of aliphatic carboxylic acids is 1. The van der Waals surface area contributed by atoms with Crippen LogP contribution in [0, 0.1) is 22.6 Å². The number of nitrogens with zero attached hydrogens (tertiary/aromatic N) is 1. The van der Waals surface area contributed by atoms with Crippen molar-refractivity contribution in [2.24, 2.45) is 5.41 Å². The summed E-state index contributed by atoms with van der Waals surface area (Å²) < 4.78 is 13.0. The Hall–Kier alpha value is -2.42. The molecule has 0 unspecified atom stereocenters. The standard InChI is InChI=1S/C15H17FN2O3/c1-3-15(4-2,14(20)21)8-13(19)18-12-6-5-11(16)7-10(12)9-17/h5-7H,3-4,8H2,1-2H3,(H,18,19)(H,20,21). The lowest BCUT2D eigenvalue weighted by Gasteiger charge is -2.25. The molecule has 5 nitrogen and oxygen atoms in total. The van der Waals surface area contributed by atoms with Gasteiger partial charge in [0, 0.05) is 6.42 Å². The third-order valence-electron chi connectivity index (χ3n) is 3.68. The zero-order valence-corrected chi connectivity index (χ0v) is 11.9. The Kier molecular flexibility index (Phi) is 5.42. The van der Waals surface area contributed by atoms with Crippen molar-refractivity contribution < 1.29 is 19.1 Å². The molecule has 0 saturated heterocycles. The molecule has 0 radical (unpaired) electrons. The highest BCUT2D eigenvalue weighted by Crippen LogP contribution is 2.31. The minimum Gasteiger partial charge on any atom is -0.481 e. The summed E-state index contributed by atoms with van der Waals surface area (Å²) in [5.41, 5.74) is -0.954. The molecule has 1 aromatic rings. The lowest BCUT2D eigenvalue weighted by Crippen LogP contribution is -2.34. The summed E-state index contributed by atoms with van der Waals surface area (Å²) in [5.74, 6) is -2.11. The molecule has 0 fully saturated rings. The Morgan fingerprint density at radius 1 is 1.38 bits per heavy atom. The predicted molar refractivity (Wildman–Crippen MR) is 75.0 cm³/mol. The fourth-order valence-corrected chi connectivity index (χ4v) is 2.10. The van der Waals surface area contributed by atoms with Gasteiger partial charge in [-0.1, -0.05) is 13.8 Å². The highest BCUT2D eigenvalue weighted by molar-refractivity contribution is 5.95. The number of benzene rings is 1. The van der Waals surface area contributed by atoms with Gasteiger partial charge in [0.15, 0.2) is 0 Å². The second-order valence-corrected chi connectivity index (χ2v) is 4.82. The topological polar surface area (TPSA) is 90.2 Å². The minimum absolute atomic E-state index is 0.00253. The van der Waals surface area contributed by atoms with Gasteiger partial charge >= 0.3 is 5.97 Å². The van der Waals surface area contributed by atoms with Gasteiger partial charge in [-0.15, -0.1) is 0 Å². The zero-order valence-electron chi connectivity index (χ0n) is 11.9. The van der Waals surface area contributed by atoms with E-state index in [9.17, 15) is 19.1 Å². The van der Waals surface area contributed by atoms with Crippen LogP contribution in [-0.2, 0) is 9.59 Å². The van der Waals surface area contributed by atoms with E-state index in [1.54, 1.807) is 19.9 Å². The zero-order chi connectivity index (χ0) is 16.0. The Bertz CT molecular complexity index is 589. The molecule has 1 aromatic carbocycles. The van der Waals surface area contributed by atoms with E-state index < -0.39 is 23.1 Å². The maximum Gasteiger partial charge on any atom is 0.310 e. The first-order valence-corrected chi connectivity index (χ1v) is 6.61. The van der Waals surface area contributed by atoms with Crippen molar-refractivity contribution in [3.63, 3.8) is 0 Å². The molecule has 0 aromatic heterocycles. The molecule has 6 heteroatoms. The fourth-order valence-electron chi connectivity index (χ4n) is 2.10. The first kappa shape index (κ1) is 16.6. The number of carbonyl (C=O) groups excluding carboxylic acids is 1. The monoisotopic (exact) mass is 292 g/mol. The first-order valence-electron chi connectivity index (χ1n) is 6.61. The number of anilines is 1. The van der Waals surface area contributed by atoms with Crippen molar-refractivity contribution in [2.45, 2.75) is 33.1 Å². The van der Waals surface area contributed by atoms with E-state index in [4.69, 9.17) is 5.26 Å². The van der Waals surface area contributed by atoms with Crippen molar-refractivity contribution >= 4 is 17.6 Å². The normalized spacial score (nSPS) is 10.8. The molecule has 0 aliphatic heterocycles. The van der Waals surface area contributed by atoms with Gasteiger partial charge in [-0.05, 0) is 31.0 Å². The van der Waals surface area contributed by atoms with E-state index >= 15 is 0 Å². The molecule has 0 saturated carbocycles. The summed E-state index contributed by atoms with van der Waals surface area (Å²) in [6.07, 6.45) is 0.444. The predicted octanol–water partition coefficient (Wildman–Crippen LogP) is 2.92. The van der Waals surface area contributed by atoms with Crippen molar-refractivity contribution in [2.75, 3.05) is 5.32 Å². The Labute approximate surface area is 122 Å². The number of carboxylic acids is 1. The van der Waals surface area contributed by atoms with E-state index in [1.807, 2.05) is 0 Å². The van der Waals surface area contributed by atoms with Crippen LogP contribution in [0.15, 0.2) is 18.2 Å². The van der Waals surface area contributed by atoms with Crippen molar-refractivity contribution in [1.29, 1.82) is 5.26 Å². The summed E-state index contributed by atoms with van der Waals surface area (Å²) in [5, 5.41) is 20.7. The SMILES string of the molecule is CCC(CC)(CC(=O)Nc1ccc(F)cc1C#N)C(=O)O. The van der Waals surface area contributed by atoms with Gasteiger partial charge in [0.2, 0.25) is 5.91 Å². The second-order valence-electron chi connectivity index (χ2n) is 4.82. The largest absolute Gasteiger partial charge is 0.481 e. The quantitative estimate of drug-likeness (QED) is 0.843. The number of halogens is 1. The molecule has 21 heavy (non-hydrogen) atoms. The molecule has 0 aliphatic rings. The van der Waals surface area contributed by atoms with Crippen LogP contribution >= 0.6 is 0 Å². The van der Waals surface area contributed by atoms with Gasteiger partial charge in [-0.2, -0.15) is 5.26 Å². The van der Waals surface area contributed by atoms with E-state index in [2.05, 4.69) is 5.32 Å². The molecule has 0 heterocycles.